The molecule has 1 aromatic heterocycles. The van der Waals surface area contributed by atoms with E-state index in [1.807, 2.05) is 0 Å². The summed E-state index contributed by atoms with van der Waals surface area (Å²) in [5, 5.41) is 0. The van der Waals surface area contributed by atoms with Gasteiger partial charge in [0, 0.05) is 5.92 Å². The van der Waals surface area contributed by atoms with Gasteiger partial charge in [0.1, 0.15) is 0 Å². The molecule has 0 aliphatic heterocycles. The summed E-state index contributed by atoms with van der Waals surface area (Å²) in [5.74, 6) is 4.09. The Morgan fingerprint density at radius 1 is 1.46 bits per heavy atom. The Bertz CT molecular complexity index is 409. The van der Waals surface area contributed by atoms with Gasteiger partial charge in [-0.15, -0.1) is 11.3 Å². The standard InChI is InChI=1S/C9H7NO2S/c1-6(11)8-4-2-7(13-8)3-5-9(10)12/h2,4H,1H3,(H2,10,12). The molecule has 0 atom stereocenters. The van der Waals surface area contributed by atoms with Gasteiger partial charge >= 0.3 is 0 Å². The lowest BCUT2D eigenvalue weighted by Crippen LogP contribution is -2.05. The normalized spacial score (nSPS) is 8.69. The van der Waals surface area contributed by atoms with Gasteiger partial charge < -0.3 is 5.73 Å². The highest BCUT2D eigenvalue weighted by atomic mass is 32.1. The average Bonchev–Trinajstić information content (AvgIpc) is 2.48. The summed E-state index contributed by atoms with van der Waals surface area (Å²) in [6.45, 7) is 1.48. The van der Waals surface area contributed by atoms with Gasteiger partial charge in [0.15, 0.2) is 5.78 Å². The molecule has 0 bridgehead atoms. The minimum absolute atomic E-state index is 0.00266. The molecule has 1 rings (SSSR count). The summed E-state index contributed by atoms with van der Waals surface area (Å²) in [6, 6.07) is 3.37. The molecule has 0 aliphatic rings. The van der Waals surface area contributed by atoms with Crippen LogP contribution in [-0.4, -0.2) is 11.7 Å². The van der Waals surface area contributed by atoms with Crippen molar-refractivity contribution in [3.8, 4) is 11.8 Å². The zero-order valence-corrected chi connectivity index (χ0v) is 7.77. The monoisotopic (exact) mass is 193 g/mol. The second-order valence-electron chi connectivity index (χ2n) is 2.33. The van der Waals surface area contributed by atoms with Gasteiger partial charge in [-0.05, 0) is 25.0 Å². The van der Waals surface area contributed by atoms with Crippen LogP contribution >= 0.6 is 11.3 Å². The van der Waals surface area contributed by atoms with E-state index in [2.05, 4.69) is 11.8 Å². The SMILES string of the molecule is CC(=O)c1ccc(C#CC(N)=O)s1. The van der Waals surface area contributed by atoms with E-state index in [0.29, 0.717) is 9.75 Å². The molecule has 0 saturated heterocycles. The molecule has 0 aliphatic carbocycles. The van der Waals surface area contributed by atoms with E-state index in [4.69, 9.17) is 5.73 Å². The first kappa shape index (κ1) is 9.49. The van der Waals surface area contributed by atoms with Crippen LogP contribution in [0.4, 0.5) is 0 Å². The van der Waals surface area contributed by atoms with Crippen LogP contribution in [0, 0.1) is 11.8 Å². The predicted octanol–water partition coefficient (Wildman–Crippen LogP) is 0.788. The quantitative estimate of drug-likeness (QED) is 0.529. The van der Waals surface area contributed by atoms with Gasteiger partial charge in [0.2, 0.25) is 0 Å². The molecule has 0 spiro atoms. The molecule has 1 heterocycles. The summed E-state index contributed by atoms with van der Waals surface area (Å²) in [4.78, 5) is 22.5. The summed E-state index contributed by atoms with van der Waals surface area (Å²) >= 11 is 1.25. The molecule has 4 heteroatoms. The molecule has 0 fully saturated rings. The van der Waals surface area contributed by atoms with Crippen molar-refractivity contribution in [1.82, 2.24) is 0 Å². The first-order chi connectivity index (χ1) is 6.09. The first-order valence-corrected chi connectivity index (χ1v) is 4.33. The molecular weight excluding hydrogens is 186 g/mol. The molecule has 3 nitrogen and oxygen atoms in total. The van der Waals surface area contributed by atoms with Crippen LogP contribution < -0.4 is 5.73 Å². The van der Waals surface area contributed by atoms with Crippen LogP contribution in [0.2, 0.25) is 0 Å². The fraction of sp³-hybridized carbons (Fsp3) is 0.111. The second kappa shape index (κ2) is 3.87. The van der Waals surface area contributed by atoms with Crippen LogP contribution in [0.5, 0.6) is 0 Å². The molecule has 13 heavy (non-hydrogen) atoms. The Morgan fingerprint density at radius 3 is 2.62 bits per heavy atom. The molecule has 2 N–H and O–H groups in total. The number of primary amides is 1. The number of rotatable bonds is 1. The third kappa shape index (κ3) is 2.73. The van der Waals surface area contributed by atoms with E-state index in [-0.39, 0.29) is 5.78 Å². The van der Waals surface area contributed by atoms with Crippen molar-refractivity contribution in [2.24, 2.45) is 5.73 Å². The van der Waals surface area contributed by atoms with Crippen LogP contribution in [0.25, 0.3) is 0 Å². The number of hydrogen-bond donors (Lipinski definition) is 1. The Kier molecular flexibility index (Phi) is 2.83. The van der Waals surface area contributed by atoms with E-state index < -0.39 is 5.91 Å². The fourth-order valence-corrected chi connectivity index (χ4v) is 1.47. The number of nitrogens with two attached hydrogens (primary N) is 1. The van der Waals surface area contributed by atoms with E-state index >= 15 is 0 Å². The molecule has 0 aromatic carbocycles. The number of carbonyl (C=O) groups is 2. The Hall–Kier alpha value is -1.60. The maximum atomic E-state index is 10.9. The van der Waals surface area contributed by atoms with E-state index in [1.165, 1.54) is 18.3 Å². The molecule has 1 aromatic rings. The third-order valence-electron chi connectivity index (χ3n) is 1.26. The van der Waals surface area contributed by atoms with Gasteiger partial charge in [0.05, 0.1) is 9.75 Å². The predicted molar refractivity (Wildman–Crippen MR) is 50.4 cm³/mol. The summed E-state index contributed by atoms with van der Waals surface area (Å²) < 4.78 is 0. The van der Waals surface area contributed by atoms with Crippen molar-refractivity contribution in [3.63, 3.8) is 0 Å². The third-order valence-corrected chi connectivity index (χ3v) is 2.36. The maximum Gasteiger partial charge on any atom is 0.293 e. The van der Waals surface area contributed by atoms with Gasteiger partial charge in [-0.25, -0.2) is 0 Å². The van der Waals surface area contributed by atoms with Gasteiger partial charge in [-0.2, -0.15) is 0 Å². The lowest BCUT2D eigenvalue weighted by Gasteiger charge is -1.81. The number of Topliss-reactive ketones (excluding diaryl/α,β-unsaturated/α-hetero) is 1. The second-order valence-corrected chi connectivity index (χ2v) is 3.42. The number of ketones is 1. The molecular formula is C9H7NO2S. The maximum absolute atomic E-state index is 10.9. The Labute approximate surface area is 79.6 Å². The first-order valence-electron chi connectivity index (χ1n) is 3.52. The van der Waals surface area contributed by atoms with Gasteiger partial charge in [0.25, 0.3) is 5.91 Å². The van der Waals surface area contributed by atoms with Crippen LogP contribution in [-0.2, 0) is 4.79 Å². The fourth-order valence-electron chi connectivity index (χ4n) is 0.717. The van der Waals surface area contributed by atoms with Crippen molar-refractivity contribution < 1.29 is 9.59 Å². The van der Waals surface area contributed by atoms with Crippen LogP contribution in [0.15, 0.2) is 12.1 Å². The number of thiophene rings is 1. The highest BCUT2D eigenvalue weighted by Crippen LogP contribution is 2.15. The number of carbonyl (C=O) groups excluding carboxylic acids is 2. The van der Waals surface area contributed by atoms with E-state index in [0.717, 1.165) is 0 Å². The molecule has 66 valence electrons. The van der Waals surface area contributed by atoms with Gasteiger partial charge in [-0.1, -0.05) is 0 Å². The number of amides is 1. The topological polar surface area (TPSA) is 60.2 Å². The summed E-state index contributed by atoms with van der Waals surface area (Å²) in [5.41, 5.74) is 4.83. The lowest BCUT2D eigenvalue weighted by atomic mass is 10.3. The van der Waals surface area contributed by atoms with Crippen molar-refractivity contribution in [3.05, 3.63) is 21.9 Å². The van der Waals surface area contributed by atoms with Crippen molar-refractivity contribution in [2.75, 3.05) is 0 Å². The molecule has 0 unspecified atom stereocenters. The highest BCUT2D eigenvalue weighted by Gasteiger charge is 2.01. The van der Waals surface area contributed by atoms with Gasteiger partial charge in [-0.3, -0.25) is 9.59 Å². The minimum atomic E-state index is -0.669. The molecule has 0 radical (unpaired) electrons. The number of hydrogen-bond acceptors (Lipinski definition) is 3. The largest absolute Gasteiger partial charge is 0.359 e. The minimum Gasteiger partial charge on any atom is -0.359 e. The van der Waals surface area contributed by atoms with E-state index in [1.54, 1.807) is 12.1 Å². The molecule has 0 saturated carbocycles. The Morgan fingerprint density at radius 2 is 2.15 bits per heavy atom. The zero-order chi connectivity index (χ0) is 9.84. The summed E-state index contributed by atoms with van der Waals surface area (Å²) in [6.07, 6.45) is 0. The summed E-state index contributed by atoms with van der Waals surface area (Å²) in [7, 11) is 0. The zero-order valence-electron chi connectivity index (χ0n) is 6.96. The van der Waals surface area contributed by atoms with Crippen LogP contribution in [0.1, 0.15) is 21.5 Å². The van der Waals surface area contributed by atoms with Crippen molar-refractivity contribution in [2.45, 2.75) is 6.92 Å². The Balaban J connectivity index is 2.89. The highest BCUT2D eigenvalue weighted by molar-refractivity contribution is 7.14. The van der Waals surface area contributed by atoms with Crippen molar-refractivity contribution in [1.29, 1.82) is 0 Å². The van der Waals surface area contributed by atoms with Crippen molar-refractivity contribution >= 4 is 23.0 Å². The lowest BCUT2D eigenvalue weighted by molar-refractivity contribution is -0.112. The molecule has 1 amide bonds. The smallest absolute Gasteiger partial charge is 0.293 e. The average molecular weight is 193 g/mol. The van der Waals surface area contributed by atoms with E-state index in [9.17, 15) is 9.59 Å². The van der Waals surface area contributed by atoms with Crippen LogP contribution in [0.3, 0.4) is 0 Å².